The second-order valence-corrected chi connectivity index (χ2v) is 4.59. The summed E-state index contributed by atoms with van der Waals surface area (Å²) in [5, 5.41) is 12.9. The number of hydrogen-bond acceptors (Lipinski definition) is 4. The van der Waals surface area contributed by atoms with Crippen LogP contribution in [0.5, 0.6) is 0 Å². The zero-order chi connectivity index (χ0) is 13.5. The molecule has 0 amide bonds. The fourth-order valence-electron chi connectivity index (χ4n) is 1.75. The third-order valence-corrected chi connectivity index (χ3v) is 2.75. The number of nitrogens with one attached hydrogen (secondary N) is 1. The second kappa shape index (κ2) is 7.24. The van der Waals surface area contributed by atoms with Gasteiger partial charge in [0.15, 0.2) is 0 Å². The minimum atomic E-state index is -0.478. The lowest BCUT2D eigenvalue weighted by Crippen LogP contribution is -2.25. The molecule has 0 aliphatic carbocycles. The molecular formula is C14H24N2O2. The molecule has 0 aliphatic heterocycles. The number of ether oxygens (including phenoxy) is 1. The van der Waals surface area contributed by atoms with Gasteiger partial charge < -0.3 is 20.1 Å². The van der Waals surface area contributed by atoms with Crippen molar-refractivity contribution in [2.45, 2.75) is 20.0 Å². The molecule has 0 aromatic heterocycles. The lowest BCUT2D eigenvalue weighted by molar-refractivity contribution is 0.0496. The Labute approximate surface area is 110 Å². The molecule has 0 aliphatic rings. The van der Waals surface area contributed by atoms with E-state index in [-0.39, 0.29) is 0 Å². The number of anilines is 2. The molecule has 102 valence electrons. The predicted molar refractivity (Wildman–Crippen MR) is 76.5 cm³/mol. The van der Waals surface area contributed by atoms with Crippen LogP contribution in [0.4, 0.5) is 11.4 Å². The highest BCUT2D eigenvalue weighted by Gasteiger charge is 2.05. The van der Waals surface area contributed by atoms with Crippen molar-refractivity contribution in [2.24, 2.45) is 0 Å². The van der Waals surface area contributed by atoms with Gasteiger partial charge in [0, 0.05) is 38.6 Å². The van der Waals surface area contributed by atoms with E-state index < -0.39 is 6.10 Å². The van der Waals surface area contributed by atoms with Crippen LogP contribution in [-0.4, -0.2) is 45.1 Å². The highest BCUT2D eigenvalue weighted by Crippen LogP contribution is 2.22. The molecule has 4 nitrogen and oxygen atoms in total. The Morgan fingerprint density at radius 3 is 2.72 bits per heavy atom. The number of benzene rings is 1. The normalized spacial score (nSPS) is 12.3. The Morgan fingerprint density at radius 2 is 2.11 bits per heavy atom. The van der Waals surface area contributed by atoms with Gasteiger partial charge in [-0.25, -0.2) is 0 Å². The van der Waals surface area contributed by atoms with Crippen LogP contribution in [-0.2, 0) is 4.74 Å². The molecule has 0 saturated heterocycles. The Balaban J connectivity index is 2.55. The molecular weight excluding hydrogens is 228 g/mol. The SMILES string of the molecule is CCOCC(O)CNc1ccc(C)c(N(C)C)c1. The number of aliphatic hydroxyl groups is 1. The number of rotatable bonds is 7. The van der Waals surface area contributed by atoms with Crippen molar-refractivity contribution in [1.82, 2.24) is 0 Å². The van der Waals surface area contributed by atoms with Gasteiger partial charge in [-0.2, -0.15) is 0 Å². The second-order valence-electron chi connectivity index (χ2n) is 4.59. The minimum absolute atomic E-state index is 0.371. The first-order chi connectivity index (χ1) is 8.54. The highest BCUT2D eigenvalue weighted by molar-refractivity contribution is 5.61. The van der Waals surface area contributed by atoms with E-state index in [1.807, 2.05) is 27.1 Å². The Kier molecular flexibility index (Phi) is 5.95. The van der Waals surface area contributed by atoms with Gasteiger partial charge in [-0.1, -0.05) is 6.07 Å². The van der Waals surface area contributed by atoms with E-state index in [1.165, 1.54) is 11.3 Å². The summed E-state index contributed by atoms with van der Waals surface area (Å²) in [4.78, 5) is 2.08. The van der Waals surface area contributed by atoms with Gasteiger partial charge in [-0.15, -0.1) is 0 Å². The summed E-state index contributed by atoms with van der Waals surface area (Å²) in [6.07, 6.45) is -0.478. The molecule has 1 rings (SSSR count). The molecule has 0 heterocycles. The van der Waals surface area contributed by atoms with Crippen molar-refractivity contribution in [2.75, 3.05) is 44.1 Å². The van der Waals surface area contributed by atoms with E-state index in [9.17, 15) is 5.11 Å². The maximum atomic E-state index is 9.68. The van der Waals surface area contributed by atoms with Gasteiger partial charge in [0.25, 0.3) is 0 Å². The van der Waals surface area contributed by atoms with Gasteiger partial charge in [-0.05, 0) is 31.5 Å². The van der Waals surface area contributed by atoms with E-state index in [0.717, 1.165) is 5.69 Å². The third-order valence-electron chi connectivity index (χ3n) is 2.75. The lowest BCUT2D eigenvalue weighted by Gasteiger charge is -2.18. The first kappa shape index (κ1) is 14.8. The molecule has 0 bridgehead atoms. The molecule has 0 saturated carbocycles. The standard InChI is InChI=1S/C14H24N2O2/c1-5-18-10-13(17)9-15-12-7-6-11(2)14(8-12)16(3)4/h6-8,13,15,17H,5,9-10H2,1-4H3. The van der Waals surface area contributed by atoms with Crippen molar-refractivity contribution in [3.63, 3.8) is 0 Å². The predicted octanol–water partition coefficient (Wildman–Crippen LogP) is 1.87. The number of aliphatic hydroxyl groups excluding tert-OH is 1. The largest absolute Gasteiger partial charge is 0.389 e. The molecule has 1 aromatic rings. The molecule has 0 radical (unpaired) electrons. The summed E-state index contributed by atoms with van der Waals surface area (Å²) in [5.74, 6) is 0. The Morgan fingerprint density at radius 1 is 1.39 bits per heavy atom. The van der Waals surface area contributed by atoms with Gasteiger partial charge in [0.2, 0.25) is 0 Å². The van der Waals surface area contributed by atoms with Crippen LogP contribution in [0, 0.1) is 6.92 Å². The molecule has 0 fully saturated rings. The quantitative estimate of drug-likeness (QED) is 0.777. The monoisotopic (exact) mass is 252 g/mol. The van der Waals surface area contributed by atoms with Crippen molar-refractivity contribution in [3.8, 4) is 0 Å². The average Bonchev–Trinajstić information content (AvgIpc) is 2.35. The summed E-state index contributed by atoms with van der Waals surface area (Å²) in [7, 11) is 4.05. The maximum Gasteiger partial charge on any atom is 0.0945 e. The average molecular weight is 252 g/mol. The molecule has 0 spiro atoms. The van der Waals surface area contributed by atoms with E-state index in [4.69, 9.17) is 4.74 Å². The van der Waals surface area contributed by atoms with Crippen LogP contribution in [0.3, 0.4) is 0 Å². The van der Waals surface area contributed by atoms with Gasteiger partial charge in [0.1, 0.15) is 0 Å². The van der Waals surface area contributed by atoms with Crippen molar-refractivity contribution in [3.05, 3.63) is 23.8 Å². The van der Waals surface area contributed by atoms with Crippen molar-refractivity contribution >= 4 is 11.4 Å². The summed E-state index contributed by atoms with van der Waals surface area (Å²) in [6.45, 7) is 5.50. The molecule has 1 aromatic carbocycles. The maximum absolute atomic E-state index is 9.68. The summed E-state index contributed by atoms with van der Waals surface area (Å²) < 4.78 is 5.17. The summed E-state index contributed by atoms with van der Waals surface area (Å²) >= 11 is 0. The zero-order valence-electron chi connectivity index (χ0n) is 11.7. The molecule has 1 unspecified atom stereocenters. The van der Waals surface area contributed by atoms with Crippen LogP contribution in [0.15, 0.2) is 18.2 Å². The van der Waals surface area contributed by atoms with E-state index in [0.29, 0.717) is 19.8 Å². The van der Waals surface area contributed by atoms with Gasteiger partial charge in [-0.3, -0.25) is 0 Å². The Hall–Kier alpha value is -1.26. The van der Waals surface area contributed by atoms with Crippen LogP contribution >= 0.6 is 0 Å². The smallest absolute Gasteiger partial charge is 0.0945 e. The first-order valence-corrected chi connectivity index (χ1v) is 6.32. The fourth-order valence-corrected chi connectivity index (χ4v) is 1.75. The van der Waals surface area contributed by atoms with Crippen molar-refractivity contribution in [1.29, 1.82) is 0 Å². The molecule has 4 heteroatoms. The third kappa shape index (κ3) is 4.55. The van der Waals surface area contributed by atoms with Crippen LogP contribution < -0.4 is 10.2 Å². The van der Waals surface area contributed by atoms with Crippen LogP contribution in [0.25, 0.3) is 0 Å². The number of nitrogens with zero attached hydrogens (tertiary/aromatic N) is 1. The topological polar surface area (TPSA) is 44.7 Å². The van der Waals surface area contributed by atoms with E-state index in [1.54, 1.807) is 0 Å². The van der Waals surface area contributed by atoms with Crippen LogP contribution in [0.1, 0.15) is 12.5 Å². The molecule has 18 heavy (non-hydrogen) atoms. The van der Waals surface area contributed by atoms with Crippen LogP contribution in [0.2, 0.25) is 0 Å². The number of hydrogen-bond donors (Lipinski definition) is 2. The Bertz CT molecular complexity index is 367. The minimum Gasteiger partial charge on any atom is -0.389 e. The van der Waals surface area contributed by atoms with E-state index >= 15 is 0 Å². The fraction of sp³-hybridized carbons (Fsp3) is 0.571. The van der Waals surface area contributed by atoms with Gasteiger partial charge >= 0.3 is 0 Å². The molecule has 1 atom stereocenters. The number of aryl methyl sites for hydroxylation is 1. The van der Waals surface area contributed by atoms with E-state index in [2.05, 4.69) is 29.3 Å². The van der Waals surface area contributed by atoms with Gasteiger partial charge in [0.05, 0.1) is 12.7 Å². The lowest BCUT2D eigenvalue weighted by atomic mass is 10.1. The zero-order valence-corrected chi connectivity index (χ0v) is 11.7. The first-order valence-electron chi connectivity index (χ1n) is 6.32. The summed E-state index contributed by atoms with van der Waals surface area (Å²) in [6, 6.07) is 6.19. The summed E-state index contributed by atoms with van der Waals surface area (Å²) in [5.41, 5.74) is 3.43. The molecule has 2 N–H and O–H groups in total. The van der Waals surface area contributed by atoms with Crippen molar-refractivity contribution < 1.29 is 9.84 Å². The highest BCUT2D eigenvalue weighted by atomic mass is 16.5.